The van der Waals surface area contributed by atoms with Crippen LogP contribution in [0.1, 0.15) is 24.4 Å². The minimum Gasteiger partial charge on any atom is -0.394 e. The second-order valence-corrected chi connectivity index (χ2v) is 11.2. The maximum absolute atomic E-state index is 13.2. The molecule has 0 aromatic carbocycles. The van der Waals surface area contributed by atoms with Crippen LogP contribution in [-0.2, 0) is 23.1 Å². The molecule has 236 valence electrons. The van der Waals surface area contributed by atoms with Crippen LogP contribution in [0.5, 0.6) is 0 Å². The number of nitrogens with one attached hydrogen (secondary N) is 2. The second kappa shape index (κ2) is 11.5. The Morgan fingerprint density at radius 1 is 1.16 bits per heavy atom. The summed E-state index contributed by atoms with van der Waals surface area (Å²) in [4.78, 5) is 44.0. The zero-order chi connectivity index (χ0) is 31.3. The van der Waals surface area contributed by atoms with Crippen LogP contribution in [0, 0.1) is 0 Å². The third-order valence-corrected chi connectivity index (χ3v) is 8.13. The molecule has 44 heavy (non-hydrogen) atoms. The number of aromatic nitrogens is 6. The van der Waals surface area contributed by atoms with Crippen molar-refractivity contribution < 1.29 is 48.4 Å². The molecule has 6 heterocycles. The van der Waals surface area contributed by atoms with Gasteiger partial charge in [-0.3, -0.25) is 28.0 Å². The third kappa shape index (κ3) is 5.21. The number of phosphoric ester groups is 1. The van der Waals surface area contributed by atoms with Gasteiger partial charge in [-0.1, -0.05) is 5.11 Å². The fourth-order valence-electron chi connectivity index (χ4n) is 5.11. The molecule has 2 unspecified atom stereocenters. The summed E-state index contributed by atoms with van der Waals surface area (Å²) in [5.74, 6) is -0.127. The molecule has 0 radical (unpaired) electrons. The normalized spacial score (nSPS) is 32.7. The molecule has 3 aromatic rings. The first-order valence-corrected chi connectivity index (χ1v) is 14.3. The molecule has 9 N–H and O–H groups in total. The summed E-state index contributed by atoms with van der Waals surface area (Å²) in [6.07, 6.45) is -7.68. The van der Waals surface area contributed by atoms with Crippen molar-refractivity contribution >= 4 is 37.1 Å². The van der Waals surface area contributed by atoms with Gasteiger partial charge in [0.05, 0.1) is 44.4 Å². The number of phosphoric acid groups is 1. The molecule has 2 fully saturated rings. The van der Waals surface area contributed by atoms with Gasteiger partial charge in [0.15, 0.2) is 35.7 Å². The van der Waals surface area contributed by atoms with Gasteiger partial charge in [0.2, 0.25) is 5.95 Å². The summed E-state index contributed by atoms with van der Waals surface area (Å²) < 4.78 is 37.5. The number of aromatic amines is 1. The summed E-state index contributed by atoms with van der Waals surface area (Å²) in [6, 6.07) is -1.38. The molecule has 23 nitrogen and oxygen atoms in total. The minimum absolute atomic E-state index is 0.103. The molecular formula is C20H25N12O11P. The lowest BCUT2D eigenvalue weighted by atomic mass is 10.1. The minimum atomic E-state index is -5.11. The number of imidazole rings is 2. The van der Waals surface area contributed by atoms with E-state index in [4.69, 9.17) is 29.8 Å². The highest BCUT2D eigenvalue weighted by atomic mass is 31.2. The van der Waals surface area contributed by atoms with Gasteiger partial charge in [-0.25, -0.2) is 19.5 Å². The van der Waals surface area contributed by atoms with Crippen LogP contribution in [0.15, 0.2) is 27.6 Å². The highest BCUT2D eigenvalue weighted by Crippen LogP contribution is 2.50. The quantitative estimate of drug-likeness (QED) is 0.0520. The molecule has 10 atom stereocenters. The van der Waals surface area contributed by atoms with E-state index < -0.39 is 81.8 Å². The number of H-pyrrole nitrogens is 1. The van der Waals surface area contributed by atoms with Gasteiger partial charge in [-0.15, -0.1) is 0 Å². The Morgan fingerprint density at radius 3 is 2.66 bits per heavy atom. The molecule has 0 amide bonds. The molecule has 6 rings (SSSR count). The third-order valence-electron chi connectivity index (χ3n) is 7.14. The Balaban J connectivity index is 1.21. The number of hydrogen-bond acceptors (Lipinski definition) is 17. The van der Waals surface area contributed by atoms with E-state index in [1.807, 2.05) is 0 Å². The molecule has 3 aliphatic heterocycles. The molecule has 3 aromatic heterocycles. The van der Waals surface area contributed by atoms with E-state index in [0.717, 1.165) is 10.9 Å². The van der Waals surface area contributed by atoms with E-state index in [0.29, 0.717) is 0 Å². The lowest BCUT2D eigenvalue weighted by Gasteiger charge is -2.25. The van der Waals surface area contributed by atoms with E-state index in [9.17, 15) is 34.7 Å². The summed E-state index contributed by atoms with van der Waals surface area (Å²) in [5.41, 5.74) is 14.0. The van der Waals surface area contributed by atoms with Crippen LogP contribution in [0.25, 0.3) is 21.6 Å². The Hall–Kier alpha value is -3.99. The van der Waals surface area contributed by atoms with Gasteiger partial charge < -0.3 is 45.8 Å². The first kappa shape index (κ1) is 30.1. The first-order chi connectivity index (χ1) is 21.0. The van der Waals surface area contributed by atoms with Gasteiger partial charge in [0.1, 0.15) is 30.1 Å². The molecule has 24 heteroatoms. The van der Waals surface area contributed by atoms with Crippen molar-refractivity contribution in [1.82, 2.24) is 34.4 Å². The number of hydrogen-bond donors (Lipinski definition) is 8. The largest absolute Gasteiger partial charge is 0.472 e. The van der Waals surface area contributed by atoms with Crippen molar-refractivity contribution in [3.8, 4) is 0 Å². The lowest BCUT2D eigenvalue weighted by Crippen LogP contribution is -2.35. The number of fused-ring (bicyclic) bond motifs is 2. The maximum atomic E-state index is 13.2. The number of aliphatic imine (C=N–C) groups is 1. The topological polar surface area (TPSA) is 336 Å². The van der Waals surface area contributed by atoms with Crippen LogP contribution in [0.3, 0.4) is 0 Å². The highest BCUT2D eigenvalue weighted by molar-refractivity contribution is 7.47. The Bertz CT molecular complexity index is 1740. The van der Waals surface area contributed by atoms with Gasteiger partial charge in [0, 0.05) is 4.91 Å². The number of anilines is 1. The maximum Gasteiger partial charge on any atom is 0.472 e. The molecule has 0 bridgehead atoms. The average molecular weight is 640 g/mol. The smallest absolute Gasteiger partial charge is 0.394 e. The van der Waals surface area contributed by atoms with Crippen LogP contribution in [0.4, 0.5) is 11.8 Å². The number of aliphatic hydroxyl groups is 4. The Kier molecular flexibility index (Phi) is 7.85. The van der Waals surface area contributed by atoms with Crippen LogP contribution in [-0.4, -0.2) is 111 Å². The van der Waals surface area contributed by atoms with E-state index >= 15 is 0 Å². The summed E-state index contributed by atoms with van der Waals surface area (Å²) in [6.45, 7) is -1.47. The predicted molar refractivity (Wildman–Crippen MR) is 142 cm³/mol. The molecule has 3 aliphatic rings. The van der Waals surface area contributed by atoms with E-state index in [2.05, 4.69) is 40.3 Å². The number of nitrogens with zero attached hydrogens (tertiary/aromatic N) is 9. The molecule has 0 aliphatic carbocycles. The summed E-state index contributed by atoms with van der Waals surface area (Å²) in [7, 11) is -5.11. The van der Waals surface area contributed by atoms with Crippen LogP contribution in [0.2, 0.25) is 0 Å². The molecule has 0 spiro atoms. The lowest BCUT2D eigenvalue weighted by molar-refractivity contribution is -0.0619. The second-order valence-electron chi connectivity index (χ2n) is 9.79. The van der Waals surface area contributed by atoms with Crippen LogP contribution >= 0.6 is 7.82 Å². The van der Waals surface area contributed by atoms with Crippen molar-refractivity contribution in [3.63, 3.8) is 0 Å². The van der Waals surface area contributed by atoms with Crippen molar-refractivity contribution in [2.75, 3.05) is 18.9 Å². The number of azide groups is 1. The zero-order valence-corrected chi connectivity index (χ0v) is 23.0. The number of nitrogen functional groups attached to an aromatic ring is 1. The highest BCUT2D eigenvalue weighted by Gasteiger charge is 2.51. The summed E-state index contributed by atoms with van der Waals surface area (Å²) in [5, 5.41) is 47.2. The van der Waals surface area contributed by atoms with E-state index in [1.165, 1.54) is 17.2 Å². The summed E-state index contributed by atoms with van der Waals surface area (Å²) >= 11 is 0. The van der Waals surface area contributed by atoms with Crippen molar-refractivity contribution in [2.24, 2.45) is 10.1 Å². The van der Waals surface area contributed by atoms with Crippen molar-refractivity contribution in [2.45, 2.75) is 55.2 Å². The standard InChI is InChI=1S/C20H25N12O11P/c21-20-27-15-10(17(37)28-20)26-5-32(15)19-13(8(29-30-22)6(1-33)41-19)43-44(38,39)40-2-7-11(34)12(35)18(42-7)31-4-25-9-14(31)23-3-24-16(9)36/h3-8,11-13,16,18-19,33-36H,1-2H2,(H,23,24)(H,38,39)(H3,21,27,28,37)/t6-,7-,8-,11-,12-,13-,16?,18-,19-/m1/s1. The molecular weight excluding hydrogens is 615 g/mol. The SMILES string of the molecule is [N-]=[N+]=N[C@H]1[C@@H](OP(=O)(O)OC[C@H]2O[C@@H](n3cnc4c3N=CNC4O)[C@H](O)[C@@H]2O)[C@H](n2cnc3c(=O)[nH]c(N)nc32)O[C@@H]1CO. The fourth-order valence-corrected chi connectivity index (χ4v) is 6.05. The molecule has 0 saturated carbocycles. The first-order valence-electron chi connectivity index (χ1n) is 12.8. The number of rotatable bonds is 9. The van der Waals surface area contributed by atoms with Gasteiger partial charge >= 0.3 is 7.82 Å². The van der Waals surface area contributed by atoms with Crippen LogP contribution < -0.4 is 16.6 Å². The Labute approximate surface area is 243 Å². The van der Waals surface area contributed by atoms with Gasteiger partial charge in [-0.2, -0.15) is 4.98 Å². The van der Waals surface area contributed by atoms with E-state index in [-0.39, 0.29) is 28.6 Å². The fraction of sp³-hybridized carbons (Fsp3) is 0.550. The van der Waals surface area contributed by atoms with Gasteiger partial charge in [0.25, 0.3) is 5.56 Å². The van der Waals surface area contributed by atoms with E-state index in [1.54, 1.807) is 0 Å². The van der Waals surface area contributed by atoms with Crippen molar-refractivity contribution in [3.05, 3.63) is 39.1 Å². The van der Waals surface area contributed by atoms with Gasteiger partial charge in [-0.05, 0) is 5.53 Å². The number of nitrogens with two attached hydrogens (primary N) is 1. The van der Waals surface area contributed by atoms with Crippen molar-refractivity contribution in [1.29, 1.82) is 0 Å². The number of ether oxygens (including phenoxy) is 2. The number of aliphatic hydroxyl groups excluding tert-OH is 4. The zero-order valence-electron chi connectivity index (χ0n) is 22.1. The molecule has 2 saturated heterocycles. The average Bonchev–Trinajstić information content (AvgIpc) is 3.74. The Morgan fingerprint density at radius 2 is 1.91 bits per heavy atom. The predicted octanol–water partition coefficient (Wildman–Crippen LogP) is -2.46. The monoisotopic (exact) mass is 640 g/mol.